The molecule has 1 aromatic carbocycles. The number of rotatable bonds is 7. The third-order valence-corrected chi connectivity index (χ3v) is 5.90. The van der Waals surface area contributed by atoms with Crippen LogP contribution in [0.5, 0.6) is 0 Å². The van der Waals surface area contributed by atoms with E-state index < -0.39 is 23.9 Å². The van der Waals surface area contributed by atoms with Crippen LogP contribution in [0.2, 0.25) is 0 Å². The van der Waals surface area contributed by atoms with Gasteiger partial charge in [0.25, 0.3) is 0 Å². The fraction of sp³-hybridized carbons (Fsp3) is 0.565. The molecule has 2 atom stereocenters. The first-order valence-electron chi connectivity index (χ1n) is 11.4. The molecule has 35 heavy (non-hydrogen) atoms. The highest BCUT2D eigenvalue weighted by Gasteiger charge is 2.33. The molecule has 1 N–H and O–H groups in total. The fourth-order valence-corrected chi connectivity index (χ4v) is 3.96. The molecule has 2 amide bonds. The number of nitrogens with zero attached hydrogens (tertiary/aromatic N) is 4. The van der Waals surface area contributed by atoms with Crippen LogP contribution in [0.25, 0.3) is 11.4 Å². The van der Waals surface area contributed by atoms with Gasteiger partial charge in [-0.1, -0.05) is 31.1 Å². The zero-order valence-electron chi connectivity index (χ0n) is 20.1. The molecule has 1 aliphatic heterocycles. The Kier molecular flexibility index (Phi) is 8.36. The molecule has 1 aromatic heterocycles. The first-order chi connectivity index (χ1) is 16.5. The molecule has 1 fully saturated rings. The third-order valence-electron chi connectivity index (χ3n) is 5.90. The minimum Gasteiger partial charge on any atom is -0.453 e. The van der Waals surface area contributed by atoms with Gasteiger partial charge in [-0.2, -0.15) is 18.2 Å². The van der Waals surface area contributed by atoms with E-state index in [1.165, 1.54) is 19.2 Å². The second-order valence-corrected chi connectivity index (χ2v) is 8.89. The van der Waals surface area contributed by atoms with E-state index in [1.54, 1.807) is 4.90 Å². The van der Waals surface area contributed by atoms with Crippen molar-refractivity contribution in [3.63, 3.8) is 0 Å². The zero-order chi connectivity index (χ0) is 25.8. The van der Waals surface area contributed by atoms with Crippen molar-refractivity contribution in [2.45, 2.75) is 45.5 Å². The lowest BCUT2D eigenvalue weighted by Gasteiger charge is -2.38. The smallest absolute Gasteiger partial charge is 0.416 e. The Hall–Kier alpha value is -3.15. The standard InChI is InChI=1S/C23H30F3N5O4/c1-14(2)12-18(27-22(33)34-4)21(32)31-10-8-30(9-11-31)15(3)20-28-19(29-35-20)16-6-5-7-17(13-16)23(24,25)26/h5-7,13-15,18H,8-12H2,1-4H3,(H,27,33). The first kappa shape index (κ1) is 26.5. The minimum atomic E-state index is -4.46. The highest BCUT2D eigenvalue weighted by atomic mass is 19.4. The predicted molar refractivity (Wildman–Crippen MR) is 120 cm³/mol. The summed E-state index contributed by atoms with van der Waals surface area (Å²) in [6.07, 6.45) is -4.62. The number of hydrogen-bond acceptors (Lipinski definition) is 7. The number of carbonyl (C=O) groups is 2. The molecule has 0 radical (unpaired) electrons. The molecule has 12 heteroatoms. The Morgan fingerprint density at radius 1 is 1.17 bits per heavy atom. The van der Waals surface area contributed by atoms with Gasteiger partial charge in [0.15, 0.2) is 0 Å². The molecule has 0 aliphatic carbocycles. The number of alkyl halides is 3. The monoisotopic (exact) mass is 497 g/mol. The molecule has 2 unspecified atom stereocenters. The number of piperazine rings is 1. The maximum atomic E-state index is 13.0. The van der Waals surface area contributed by atoms with Crippen LogP contribution in [0, 0.1) is 5.92 Å². The average Bonchev–Trinajstić information content (AvgIpc) is 3.32. The van der Waals surface area contributed by atoms with Gasteiger partial charge in [0.2, 0.25) is 17.6 Å². The summed E-state index contributed by atoms with van der Waals surface area (Å²) in [5, 5.41) is 6.48. The molecular weight excluding hydrogens is 467 g/mol. The van der Waals surface area contributed by atoms with E-state index in [0.29, 0.717) is 32.6 Å². The predicted octanol–water partition coefficient (Wildman–Crippen LogP) is 3.73. The lowest BCUT2D eigenvalue weighted by atomic mass is 10.0. The largest absolute Gasteiger partial charge is 0.453 e. The van der Waals surface area contributed by atoms with Crippen LogP contribution in [0.15, 0.2) is 28.8 Å². The highest BCUT2D eigenvalue weighted by molar-refractivity contribution is 5.85. The maximum Gasteiger partial charge on any atom is 0.416 e. The van der Waals surface area contributed by atoms with Gasteiger partial charge in [0.05, 0.1) is 18.7 Å². The van der Waals surface area contributed by atoms with Crippen molar-refractivity contribution in [2.75, 3.05) is 33.3 Å². The van der Waals surface area contributed by atoms with Crippen LogP contribution in [-0.4, -0.2) is 71.3 Å². The lowest BCUT2D eigenvalue weighted by Crippen LogP contribution is -2.55. The van der Waals surface area contributed by atoms with Crippen molar-refractivity contribution in [3.8, 4) is 11.4 Å². The van der Waals surface area contributed by atoms with Gasteiger partial charge in [-0.25, -0.2) is 4.79 Å². The summed E-state index contributed by atoms with van der Waals surface area (Å²) in [5.41, 5.74) is -0.570. The Labute approximate surface area is 201 Å². The van der Waals surface area contributed by atoms with Crippen LogP contribution in [0.3, 0.4) is 0 Å². The summed E-state index contributed by atoms with van der Waals surface area (Å²) in [5.74, 6) is 0.395. The molecule has 1 aliphatic rings. The highest BCUT2D eigenvalue weighted by Crippen LogP contribution is 2.32. The lowest BCUT2D eigenvalue weighted by molar-refractivity contribution is -0.137. The van der Waals surface area contributed by atoms with Gasteiger partial charge in [-0.05, 0) is 31.4 Å². The first-order valence-corrected chi connectivity index (χ1v) is 11.4. The maximum absolute atomic E-state index is 13.0. The molecule has 2 aromatic rings. The van der Waals surface area contributed by atoms with E-state index in [0.717, 1.165) is 12.1 Å². The minimum absolute atomic E-state index is 0.0807. The SMILES string of the molecule is COC(=O)NC(CC(C)C)C(=O)N1CCN(C(C)c2nc(-c3cccc(C(F)(F)F)c3)no2)CC1. The van der Waals surface area contributed by atoms with Crippen molar-refractivity contribution in [2.24, 2.45) is 5.92 Å². The van der Waals surface area contributed by atoms with Gasteiger partial charge in [-0.3, -0.25) is 9.69 Å². The van der Waals surface area contributed by atoms with E-state index in [-0.39, 0.29) is 35.1 Å². The van der Waals surface area contributed by atoms with Gasteiger partial charge >= 0.3 is 12.3 Å². The Morgan fingerprint density at radius 2 is 1.86 bits per heavy atom. The molecule has 3 rings (SSSR count). The van der Waals surface area contributed by atoms with Crippen molar-refractivity contribution in [1.29, 1.82) is 0 Å². The molecule has 2 heterocycles. The van der Waals surface area contributed by atoms with E-state index in [2.05, 4.69) is 25.1 Å². The van der Waals surface area contributed by atoms with Crippen molar-refractivity contribution in [1.82, 2.24) is 25.3 Å². The molecule has 0 spiro atoms. The number of aromatic nitrogens is 2. The fourth-order valence-electron chi connectivity index (χ4n) is 3.96. The molecule has 0 saturated carbocycles. The summed E-state index contributed by atoms with van der Waals surface area (Å²) in [6.45, 7) is 7.74. The van der Waals surface area contributed by atoms with E-state index in [9.17, 15) is 22.8 Å². The number of hydrogen-bond donors (Lipinski definition) is 1. The van der Waals surface area contributed by atoms with E-state index in [4.69, 9.17) is 4.52 Å². The third kappa shape index (κ3) is 6.71. The van der Waals surface area contributed by atoms with Crippen LogP contribution >= 0.6 is 0 Å². The second-order valence-electron chi connectivity index (χ2n) is 8.89. The Morgan fingerprint density at radius 3 is 2.46 bits per heavy atom. The normalized spacial score (nSPS) is 16.7. The van der Waals surface area contributed by atoms with Crippen molar-refractivity contribution >= 4 is 12.0 Å². The summed E-state index contributed by atoms with van der Waals surface area (Å²) in [6, 6.07) is 3.81. The second kappa shape index (κ2) is 11.1. The van der Waals surface area contributed by atoms with E-state index >= 15 is 0 Å². The number of methoxy groups -OCH3 is 1. The molecule has 1 saturated heterocycles. The summed E-state index contributed by atoms with van der Waals surface area (Å²) >= 11 is 0. The molecular formula is C23H30F3N5O4. The number of alkyl carbamates (subject to hydrolysis) is 1. The Bertz CT molecular complexity index is 1020. The number of benzene rings is 1. The van der Waals surface area contributed by atoms with Crippen LogP contribution in [-0.2, 0) is 15.7 Å². The zero-order valence-corrected chi connectivity index (χ0v) is 20.1. The quantitative estimate of drug-likeness (QED) is 0.622. The van der Waals surface area contributed by atoms with Gasteiger partial charge in [0.1, 0.15) is 6.04 Å². The number of halogens is 3. The number of amides is 2. The average molecular weight is 498 g/mol. The van der Waals surface area contributed by atoms with E-state index in [1.807, 2.05) is 20.8 Å². The number of carbonyl (C=O) groups excluding carboxylic acids is 2. The van der Waals surface area contributed by atoms with Gasteiger partial charge in [0, 0.05) is 31.7 Å². The summed E-state index contributed by atoms with van der Waals surface area (Å²) in [7, 11) is 1.25. The molecule has 0 bridgehead atoms. The topological polar surface area (TPSA) is 101 Å². The van der Waals surface area contributed by atoms with Crippen LogP contribution in [0.1, 0.15) is 44.7 Å². The van der Waals surface area contributed by atoms with Crippen molar-refractivity contribution in [3.05, 3.63) is 35.7 Å². The molecule has 9 nitrogen and oxygen atoms in total. The summed E-state index contributed by atoms with van der Waals surface area (Å²) in [4.78, 5) is 32.7. The molecule has 192 valence electrons. The number of nitrogens with one attached hydrogen (secondary N) is 1. The van der Waals surface area contributed by atoms with Gasteiger partial charge in [-0.15, -0.1) is 0 Å². The van der Waals surface area contributed by atoms with Crippen LogP contribution in [0.4, 0.5) is 18.0 Å². The van der Waals surface area contributed by atoms with Crippen molar-refractivity contribution < 1.29 is 32.0 Å². The van der Waals surface area contributed by atoms with Gasteiger partial charge < -0.3 is 19.5 Å². The summed E-state index contributed by atoms with van der Waals surface area (Å²) < 4.78 is 49.0. The van der Waals surface area contributed by atoms with Crippen LogP contribution < -0.4 is 5.32 Å². The Balaban J connectivity index is 1.62. The number of ether oxygens (including phenoxy) is 1.